The van der Waals surface area contributed by atoms with Crippen molar-refractivity contribution in [1.82, 2.24) is 0 Å². The average molecular weight is 261 g/mol. The fourth-order valence-corrected chi connectivity index (χ4v) is 1.59. The molecule has 0 radical (unpaired) electrons. The van der Waals surface area contributed by atoms with Gasteiger partial charge in [-0.3, -0.25) is 10.1 Å². The molecular formula is C8H9BrN2O3. The van der Waals surface area contributed by atoms with E-state index >= 15 is 0 Å². The molecule has 0 heterocycles. The number of hydrogen-bond donors (Lipinski definition) is 2. The van der Waals surface area contributed by atoms with Crippen molar-refractivity contribution in [1.29, 1.82) is 0 Å². The van der Waals surface area contributed by atoms with Crippen LogP contribution in [0.1, 0.15) is 5.56 Å². The van der Waals surface area contributed by atoms with Gasteiger partial charge in [-0.2, -0.15) is 0 Å². The Hall–Kier alpha value is -1.30. The molecule has 14 heavy (non-hydrogen) atoms. The fraction of sp³-hybridized carbons (Fsp3) is 0.250. The minimum Gasteiger partial charge on any atom is -0.506 e. The number of nitrogens with two attached hydrogens (primary N) is 1. The quantitative estimate of drug-likeness (QED) is 0.285. The first-order valence-corrected chi connectivity index (χ1v) is 5.00. The van der Waals surface area contributed by atoms with Gasteiger partial charge in [-0.1, -0.05) is 15.9 Å². The second-order valence-corrected chi connectivity index (χ2v) is 3.50. The Morgan fingerprint density at radius 2 is 2.21 bits per heavy atom. The molecule has 0 atom stereocenters. The molecule has 0 spiro atoms. The third kappa shape index (κ3) is 1.95. The SMILES string of the molecule is Nc1c(O)ccc(CCBr)c1[N+](=O)[O-]. The number of aryl methyl sites for hydroxylation is 1. The van der Waals surface area contributed by atoms with Gasteiger partial charge in [0.15, 0.2) is 5.69 Å². The topological polar surface area (TPSA) is 89.4 Å². The molecule has 1 rings (SSSR count). The van der Waals surface area contributed by atoms with Crippen LogP contribution in [-0.4, -0.2) is 15.4 Å². The highest BCUT2D eigenvalue weighted by Gasteiger charge is 2.20. The van der Waals surface area contributed by atoms with Crippen LogP contribution < -0.4 is 5.73 Å². The van der Waals surface area contributed by atoms with Crippen molar-refractivity contribution in [2.24, 2.45) is 0 Å². The Labute approximate surface area is 88.8 Å². The first-order valence-electron chi connectivity index (χ1n) is 3.88. The van der Waals surface area contributed by atoms with Crippen molar-refractivity contribution in [2.45, 2.75) is 6.42 Å². The third-order valence-electron chi connectivity index (χ3n) is 1.82. The molecule has 0 aromatic heterocycles. The van der Waals surface area contributed by atoms with E-state index in [-0.39, 0.29) is 17.1 Å². The number of nitrogens with zero attached hydrogens (tertiary/aromatic N) is 1. The highest BCUT2D eigenvalue weighted by atomic mass is 79.9. The first-order chi connectivity index (χ1) is 6.57. The monoisotopic (exact) mass is 260 g/mol. The highest BCUT2D eigenvalue weighted by molar-refractivity contribution is 9.09. The molecule has 0 saturated carbocycles. The van der Waals surface area contributed by atoms with Gasteiger partial charge in [0.25, 0.3) is 5.69 Å². The van der Waals surface area contributed by atoms with Crippen molar-refractivity contribution >= 4 is 27.3 Å². The molecule has 0 aliphatic carbocycles. The summed E-state index contributed by atoms with van der Waals surface area (Å²) in [4.78, 5) is 10.1. The Balaban J connectivity index is 3.30. The van der Waals surface area contributed by atoms with E-state index in [1.165, 1.54) is 12.1 Å². The average Bonchev–Trinajstić information content (AvgIpc) is 2.11. The summed E-state index contributed by atoms with van der Waals surface area (Å²) in [5.41, 5.74) is 5.55. The second kappa shape index (κ2) is 4.28. The molecule has 6 heteroatoms. The smallest absolute Gasteiger partial charge is 0.299 e. The summed E-state index contributed by atoms with van der Waals surface area (Å²) in [6, 6.07) is 2.87. The van der Waals surface area contributed by atoms with Crippen molar-refractivity contribution in [2.75, 3.05) is 11.1 Å². The van der Waals surface area contributed by atoms with Gasteiger partial charge in [0.1, 0.15) is 5.75 Å². The predicted octanol–water partition coefficient (Wildman–Crippen LogP) is 1.82. The molecule has 0 fully saturated rings. The van der Waals surface area contributed by atoms with Crippen LogP contribution in [0.25, 0.3) is 0 Å². The normalized spacial score (nSPS) is 10.1. The van der Waals surface area contributed by atoms with E-state index in [0.717, 1.165) is 0 Å². The molecule has 3 N–H and O–H groups in total. The van der Waals surface area contributed by atoms with Crippen LogP contribution in [0.3, 0.4) is 0 Å². The predicted molar refractivity (Wildman–Crippen MR) is 56.7 cm³/mol. The Kier molecular flexibility index (Phi) is 3.29. The van der Waals surface area contributed by atoms with Crippen LogP contribution in [-0.2, 0) is 6.42 Å². The van der Waals surface area contributed by atoms with Crippen LogP contribution >= 0.6 is 15.9 Å². The molecule has 0 amide bonds. The van der Waals surface area contributed by atoms with Crippen molar-refractivity contribution in [3.05, 3.63) is 27.8 Å². The largest absolute Gasteiger partial charge is 0.506 e. The van der Waals surface area contributed by atoms with Crippen molar-refractivity contribution < 1.29 is 10.0 Å². The molecule has 1 aromatic rings. The lowest BCUT2D eigenvalue weighted by Crippen LogP contribution is -2.01. The molecule has 5 nitrogen and oxygen atoms in total. The van der Waals surface area contributed by atoms with Crippen molar-refractivity contribution in [3.63, 3.8) is 0 Å². The maximum Gasteiger partial charge on any atom is 0.299 e. The van der Waals surface area contributed by atoms with E-state index in [0.29, 0.717) is 17.3 Å². The molecular weight excluding hydrogens is 252 g/mol. The number of aromatic hydroxyl groups is 1. The van der Waals surface area contributed by atoms with E-state index in [4.69, 9.17) is 5.73 Å². The molecule has 76 valence electrons. The van der Waals surface area contributed by atoms with E-state index in [1.54, 1.807) is 0 Å². The molecule has 0 saturated heterocycles. The van der Waals surface area contributed by atoms with Gasteiger partial charge in [0.05, 0.1) is 4.92 Å². The van der Waals surface area contributed by atoms with Gasteiger partial charge in [0.2, 0.25) is 0 Å². The van der Waals surface area contributed by atoms with Crippen LogP contribution in [0.15, 0.2) is 12.1 Å². The first kappa shape index (κ1) is 10.8. The molecule has 0 aliphatic rings. The number of benzene rings is 1. The van der Waals surface area contributed by atoms with Gasteiger partial charge in [-0.05, 0) is 18.6 Å². The van der Waals surface area contributed by atoms with E-state index < -0.39 is 4.92 Å². The van der Waals surface area contributed by atoms with Crippen LogP contribution in [0.2, 0.25) is 0 Å². The lowest BCUT2D eigenvalue weighted by Gasteiger charge is -2.04. The fourth-order valence-electron chi connectivity index (χ4n) is 1.16. The molecule has 0 bridgehead atoms. The number of nitro benzene ring substituents is 1. The maximum absolute atomic E-state index is 10.7. The molecule has 1 aromatic carbocycles. The Bertz CT molecular complexity index is 368. The minimum atomic E-state index is -0.576. The number of anilines is 1. The summed E-state index contributed by atoms with van der Waals surface area (Å²) in [5.74, 6) is -0.255. The standard InChI is InChI=1S/C8H9BrN2O3/c9-4-3-5-1-2-6(12)7(10)8(5)11(13)14/h1-2,12H,3-4,10H2. The summed E-state index contributed by atoms with van der Waals surface area (Å²) < 4.78 is 0. The molecule has 0 unspecified atom stereocenters. The van der Waals surface area contributed by atoms with Crippen LogP contribution in [0.4, 0.5) is 11.4 Å². The van der Waals surface area contributed by atoms with Crippen LogP contribution in [0, 0.1) is 10.1 Å². The second-order valence-electron chi connectivity index (χ2n) is 2.70. The summed E-state index contributed by atoms with van der Waals surface area (Å²) in [6.45, 7) is 0. The van der Waals surface area contributed by atoms with Gasteiger partial charge < -0.3 is 10.8 Å². The Morgan fingerprint density at radius 3 is 2.71 bits per heavy atom. The number of alkyl halides is 1. The number of phenolic OH excluding ortho intramolecular Hbond substituents is 1. The Morgan fingerprint density at radius 1 is 1.57 bits per heavy atom. The van der Waals surface area contributed by atoms with Gasteiger partial charge >= 0.3 is 0 Å². The summed E-state index contributed by atoms with van der Waals surface area (Å²) in [7, 11) is 0. The van der Waals surface area contributed by atoms with Gasteiger partial charge in [-0.25, -0.2) is 0 Å². The number of hydrogen-bond acceptors (Lipinski definition) is 4. The highest BCUT2D eigenvalue weighted by Crippen LogP contribution is 2.34. The van der Waals surface area contributed by atoms with E-state index in [2.05, 4.69) is 15.9 Å². The summed E-state index contributed by atoms with van der Waals surface area (Å²) >= 11 is 3.19. The van der Waals surface area contributed by atoms with Crippen LogP contribution in [0.5, 0.6) is 5.75 Å². The van der Waals surface area contributed by atoms with Gasteiger partial charge in [-0.15, -0.1) is 0 Å². The van der Waals surface area contributed by atoms with Gasteiger partial charge in [0, 0.05) is 10.9 Å². The zero-order valence-corrected chi connectivity index (χ0v) is 8.82. The number of nitro groups is 1. The lowest BCUT2D eigenvalue weighted by molar-refractivity contribution is -0.384. The number of halogens is 1. The van der Waals surface area contributed by atoms with Crippen molar-refractivity contribution in [3.8, 4) is 5.75 Å². The number of rotatable bonds is 3. The number of nitrogen functional groups attached to an aromatic ring is 1. The minimum absolute atomic E-state index is 0.173. The zero-order valence-electron chi connectivity index (χ0n) is 7.24. The summed E-state index contributed by atoms with van der Waals surface area (Å²) in [5, 5.41) is 20.5. The zero-order chi connectivity index (χ0) is 10.7. The van der Waals surface area contributed by atoms with E-state index in [1.807, 2.05) is 0 Å². The lowest BCUT2D eigenvalue weighted by atomic mass is 10.1. The number of phenols is 1. The maximum atomic E-state index is 10.7. The summed E-state index contributed by atoms with van der Waals surface area (Å²) in [6.07, 6.45) is 0.501. The van der Waals surface area contributed by atoms with E-state index in [9.17, 15) is 15.2 Å². The third-order valence-corrected chi connectivity index (χ3v) is 2.22. The molecule has 0 aliphatic heterocycles.